The molecule has 1 aromatic heterocycles. The van der Waals surface area contributed by atoms with E-state index in [4.69, 9.17) is 4.74 Å². The van der Waals surface area contributed by atoms with E-state index in [0.29, 0.717) is 30.2 Å². The van der Waals surface area contributed by atoms with Gasteiger partial charge in [-0.1, -0.05) is 41.2 Å². The smallest absolute Gasteiger partial charge is 0.274 e. The molecule has 2 aromatic carbocycles. The highest BCUT2D eigenvalue weighted by molar-refractivity contribution is 7.20. The fourth-order valence-electron chi connectivity index (χ4n) is 3.63. The lowest BCUT2D eigenvalue weighted by atomic mass is 10.0. The molecule has 6 heteroatoms. The Kier molecular flexibility index (Phi) is 5.31. The summed E-state index contributed by atoms with van der Waals surface area (Å²) in [6.07, 6.45) is 1.97. The molecule has 0 spiro atoms. The first-order valence-electron chi connectivity index (χ1n) is 9.55. The third-order valence-electron chi connectivity index (χ3n) is 5.25. The quantitative estimate of drug-likeness (QED) is 0.642. The molecule has 146 valence electrons. The number of aromatic nitrogens is 1. The Balaban J connectivity index is 1.33. The number of ether oxygens (including phenoxy) is 1. The van der Waals surface area contributed by atoms with Crippen molar-refractivity contribution in [1.82, 2.24) is 9.88 Å². The molecule has 0 saturated carbocycles. The van der Waals surface area contributed by atoms with Crippen LogP contribution in [0.3, 0.4) is 0 Å². The van der Waals surface area contributed by atoms with Crippen LogP contribution in [0.4, 0.5) is 4.39 Å². The first kappa shape index (κ1) is 18.9. The Hall–Kier alpha value is -2.47. The number of rotatable bonds is 4. The monoisotopic (exact) mass is 398 g/mol. The third kappa shape index (κ3) is 4.02. The number of aryl methyl sites for hydroxylation is 2. The Morgan fingerprint density at radius 2 is 2.04 bits per heavy atom. The number of thiazole rings is 1. The van der Waals surface area contributed by atoms with Crippen molar-refractivity contribution in [3.63, 3.8) is 0 Å². The average molecular weight is 399 g/mol. The molecule has 1 fully saturated rings. The van der Waals surface area contributed by atoms with Crippen LogP contribution < -0.4 is 4.74 Å². The molecule has 0 atom stereocenters. The van der Waals surface area contributed by atoms with E-state index in [2.05, 4.69) is 31.0 Å². The largest absolute Gasteiger partial charge is 0.467 e. The first-order valence-corrected chi connectivity index (χ1v) is 10.4. The van der Waals surface area contributed by atoms with E-state index in [1.165, 1.54) is 23.0 Å². The van der Waals surface area contributed by atoms with Crippen LogP contribution in [0.15, 0.2) is 36.4 Å². The normalized spacial score (nSPS) is 15.2. The Bertz CT molecular complexity index is 1010. The van der Waals surface area contributed by atoms with Gasteiger partial charge in [-0.2, -0.15) is 4.98 Å². The number of carbonyl (C=O) groups excluding carboxylic acids is 1. The molecule has 0 unspecified atom stereocenters. The minimum atomic E-state index is -0.324. The summed E-state index contributed by atoms with van der Waals surface area (Å²) in [5, 5.41) is 0.500. The number of carbonyl (C=O) groups is 1. The number of hydrogen-bond donors (Lipinski definition) is 0. The van der Waals surface area contributed by atoms with Crippen molar-refractivity contribution in [3.8, 4) is 5.19 Å². The van der Waals surface area contributed by atoms with Crippen molar-refractivity contribution >= 4 is 27.5 Å². The second kappa shape index (κ2) is 7.87. The Morgan fingerprint density at radius 1 is 1.25 bits per heavy atom. The highest BCUT2D eigenvalue weighted by Crippen LogP contribution is 2.31. The number of benzene rings is 2. The number of nitrogens with zero attached hydrogens (tertiary/aromatic N) is 2. The number of amides is 1. The Morgan fingerprint density at radius 3 is 2.75 bits per heavy atom. The van der Waals surface area contributed by atoms with E-state index in [-0.39, 0.29) is 17.8 Å². The molecule has 3 aromatic rings. The van der Waals surface area contributed by atoms with Crippen LogP contribution in [0.2, 0.25) is 0 Å². The van der Waals surface area contributed by atoms with Gasteiger partial charge in [0.2, 0.25) is 5.91 Å². The van der Waals surface area contributed by atoms with Gasteiger partial charge in [-0.15, -0.1) is 0 Å². The molecule has 0 aliphatic carbocycles. The summed E-state index contributed by atoms with van der Waals surface area (Å²) in [5.74, 6) is -0.164. The summed E-state index contributed by atoms with van der Waals surface area (Å²) in [6, 6.07) is 11.1. The van der Waals surface area contributed by atoms with Gasteiger partial charge >= 0.3 is 0 Å². The molecule has 4 rings (SSSR count). The predicted molar refractivity (Wildman–Crippen MR) is 109 cm³/mol. The zero-order valence-corrected chi connectivity index (χ0v) is 16.9. The summed E-state index contributed by atoms with van der Waals surface area (Å²) >= 11 is 1.36. The van der Waals surface area contributed by atoms with Crippen molar-refractivity contribution in [2.24, 2.45) is 0 Å². The van der Waals surface area contributed by atoms with Crippen LogP contribution in [-0.4, -0.2) is 35.0 Å². The summed E-state index contributed by atoms with van der Waals surface area (Å²) in [7, 11) is 0. The van der Waals surface area contributed by atoms with Crippen LogP contribution in [-0.2, 0) is 11.2 Å². The molecular formula is C22H23FN2O2S. The molecule has 4 nitrogen and oxygen atoms in total. The van der Waals surface area contributed by atoms with Gasteiger partial charge in [0.25, 0.3) is 5.19 Å². The summed E-state index contributed by atoms with van der Waals surface area (Å²) in [4.78, 5) is 18.8. The molecule has 1 saturated heterocycles. The molecule has 0 radical (unpaired) electrons. The summed E-state index contributed by atoms with van der Waals surface area (Å²) in [6.45, 7) is 5.46. The molecule has 1 amide bonds. The average Bonchev–Trinajstić information content (AvgIpc) is 3.08. The van der Waals surface area contributed by atoms with E-state index in [1.807, 2.05) is 17.0 Å². The van der Waals surface area contributed by atoms with Crippen LogP contribution in [0.25, 0.3) is 10.2 Å². The van der Waals surface area contributed by atoms with Gasteiger partial charge in [0.05, 0.1) is 11.1 Å². The Labute approximate surface area is 168 Å². The van der Waals surface area contributed by atoms with Gasteiger partial charge in [0.15, 0.2) is 0 Å². The molecule has 0 bridgehead atoms. The van der Waals surface area contributed by atoms with Gasteiger partial charge in [0.1, 0.15) is 17.4 Å². The van der Waals surface area contributed by atoms with Crippen molar-refractivity contribution in [2.75, 3.05) is 13.1 Å². The lowest BCUT2D eigenvalue weighted by Crippen LogP contribution is -2.42. The van der Waals surface area contributed by atoms with Crippen molar-refractivity contribution in [3.05, 3.63) is 58.9 Å². The predicted octanol–water partition coefficient (Wildman–Crippen LogP) is 4.66. The molecule has 0 N–H and O–H groups in total. The highest BCUT2D eigenvalue weighted by Gasteiger charge is 2.25. The topological polar surface area (TPSA) is 42.4 Å². The van der Waals surface area contributed by atoms with Crippen molar-refractivity contribution in [2.45, 2.75) is 39.2 Å². The number of para-hydroxylation sites is 1. The lowest BCUT2D eigenvalue weighted by Gasteiger charge is -2.31. The van der Waals surface area contributed by atoms with Crippen molar-refractivity contribution in [1.29, 1.82) is 0 Å². The maximum Gasteiger partial charge on any atom is 0.274 e. The SMILES string of the molecule is Cc1ccc(CC(=O)N2CCC(Oc3nc4c(F)cccc4s3)CC2)c(C)c1. The fraction of sp³-hybridized carbons (Fsp3) is 0.364. The number of likely N-dealkylation sites (tertiary alicyclic amines) is 1. The summed E-state index contributed by atoms with van der Waals surface area (Å²) < 4.78 is 20.6. The van der Waals surface area contributed by atoms with Gasteiger partial charge in [-0.3, -0.25) is 4.79 Å². The van der Waals surface area contributed by atoms with E-state index in [9.17, 15) is 9.18 Å². The number of fused-ring (bicyclic) bond motifs is 1. The molecule has 1 aliphatic rings. The van der Waals surface area contributed by atoms with Gasteiger partial charge < -0.3 is 9.64 Å². The van der Waals surface area contributed by atoms with Gasteiger partial charge in [0, 0.05) is 25.9 Å². The van der Waals surface area contributed by atoms with Gasteiger partial charge in [-0.25, -0.2) is 4.39 Å². The lowest BCUT2D eigenvalue weighted by molar-refractivity contribution is -0.132. The molecule has 2 heterocycles. The zero-order chi connectivity index (χ0) is 19.7. The van der Waals surface area contributed by atoms with E-state index in [1.54, 1.807) is 6.07 Å². The van der Waals surface area contributed by atoms with Crippen LogP contribution in [0.5, 0.6) is 5.19 Å². The molecule has 1 aliphatic heterocycles. The van der Waals surface area contributed by atoms with Crippen LogP contribution >= 0.6 is 11.3 Å². The molecule has 28 heavy (non-hydrogen) atoms. The number of halogens is 1. The fourth-order valence-corrected chi connectivity index (χ4v) is 4.53. The third-order valence-corrected chi connectivity index (χ3v) is 6.16. The molecular weight excluding hydrogens is 375 g/mol. The van der Waals surface area contributed by atoms with E-state index in [0.717, 1.165) is 28.7 Å². The minimum Gasteiger partial charge on any atom is -0.467 e. The second-order valence-corrected chi connectivity index (χ2v) is 8.36. The van der Waals surface area contributed by atoms with Gasteiger partial charge in [-0.05, 0) is 37.1 Å². The number of hydrogen-bond acceptors (Lipinski definition) is 4. The van der Waals surface area contributed by atoms with E-state index < -0.39 is 0 Å². The first-order chi connectivity index (χ1) is 13.5. The van der Waals surface area contributed by atoms with Crippen LogP contribution in [0.1, 0.15) is 29.5 Å². The van der Waals surface area contributed by atoms with Crippen LogP contribution in [0, 0.1) is 19.7 Å². The minimum absolute atomic E-state index is 0.00813. The number of piperidine rings is 1. The maximum atomic E-state index is 13.8. The maximum absolute atomic E-state index is 13.8. The highest BCUT2D eigenvalue weighted by atomic mass is 32.1. The summed E-state index contributed by atoms with van der Waals surface area (Å²) in [5.41, 5.74) is 3.82. The van der Waals surface area contributed by atoms with Crippen molar-refractivity contribution < 1.29 is 13.9 Å². The second-order valence-electron chi connectivity index (χ2n) is 7.37. The standard InChI is InChI=1S/C22H23FN2O2S/c1-14-6-7-16(15(2)12-14)13-20(26)25-10-8-17(9-11-25)27-22-24-21-18(23)4-3-5-19(21)28-22/h3-7,12,17H,8-11,13H2,1-2H3. The zero-order valence-electron chi connectivity index (χ0n) is 16.1. The van der Waals surface area contributed by atoms with E-state index >= 15 is 0 Å².